The van der Waals surface area contributed by atoms with Crippen molar-refractivity contribution in [3.05, 3.63) is 36.2 Å². The highest BCUT2D eigenvalue weighted by Gasteiger charge is 2.31. The number of hydrogen-bond donors (Lipinski definition) is 0. The highest BCUT2D eigenvalue weighted by Crippen LogP contribution is 2.28. The molecule has 1 fully saturated rings. The quantitative estimate of drug-likeness (QED) is 0.861. The summed E-state index contributed by atoms with van der Waals surface area (Å²) in [7, 11) is 1.94. The minimum Gasteiger partial charge on any atom is -0.342 e. The summed E-state index contributed by atoms with van der Waals surface area (Å²) in [6.45, 7) is 7.73. The number of aryl methyl sites for hydroxylation is 1. The molecule has 1 amide bonds. The van der Waals surface area contributed by atoms with Crippen LogP contribution in [0.4, 0.5) is 0 Å². The van der Waals surface area contributed by atoms with E-state index in [1.54, 1.807) is 6.20 Å². The molecule has 5 nitrogen and oxygen atoms in total. The van der Waals surface area contributed by atoms with Gasteiger partial charge in [0.2, 0.25) is 5.91 Å². The molecule has 3 rings (SSSR count). The molecule has 0 aromatic carbocycles. The normalized spacial score (nSPS) is 18.4. The van der Waals surface area contributed by atoms with Gasteiger partial charge < -0.3 is 4.90 Å². The Morgan fingerprint density at radius 2 is 2.08 bits per heavy atom. The van der Waals surface area contributed by atoms with E-state index in [0.717, 1.165) is 43.7 Å². The third-order valence-electron chi connectivity index (χ3n) is 4.91. The summed E-state index contributed by atoms with van der Waals surface area (Å²) >= 11 is 0. The molecule has 1 aliphatic rings. The molecule has 0 spiro atoms. The molecule has 1 atom stereocenters. The third-order valence-corrected chi connectivity index (χ3v) is 4.91. The van der Waals surface area contributed by atoms with Crippen molar-refractivity contribution in [2.75, 3.05) is 13.1 Å². The number of pyridine rings is 1. The summed E-state index contributed by atoms with van der Waals surface area (Å²) in [5.74, 6) is 0.742. The molecule has 1 saturated heterocycles. The Morgan fingerprint density at radius 1 is 1.28 bits per heavy atom. The van der Waals surface area contributed by atoms with Crippen LogP contribution in [0.1, 0.15) is 39.2 Å². The summed E-state index contributed by atoms with van der Waals surface area (Å²) in [6.07, 6.45) is 6.82. The Bertz CT molecular complexity index is 744. The van der Waals surface area contributed by atoms with Crippen molar-refractivity contribution in [1.29, 1.82) is 0 Å². The van der Waals surface area contributed by atoms with Crippen molar-refractivity contribution in [2.45, 2.75) is 40.0 Å². The van der Waals surface area contributed by atoms with Crippen LogP contribution in [-0.2, 0) is 18.3 Å². The molecule has 0 radical (unpaired) electrons. The van der Waals surface area contributed by atoms with Crippen LogP contribution >= 0.6 is 0 Å². The van der Waals surface area contributed by atoms with Gasteiger partial charge in [0.15, 0.2) is 0 Å². The van der Waals surface area contributed by atoms with E-state index >= 15 is 0 Å². The first kappa shape index (κ1) is 17.6. The number of hydrogen-bond acceptors (Lipinski definition) is 3. The number of carbonyl (C=O) groups excluding carboxylic acids is 1. The monoisotopic (exact) mass is 340 g/mol. The van der Waals surface area contributed by atoms with Crippen LogP contribution in [0.25, 0.3) is 11.4 Å². The fraction of sp³-hybridized carbons (Fsp3) is 0.550. The lowest BCUT2D eigenvalue weighted by Crippen LogP contribution is -2.45. The summed E-state index contributed by atoms with van der Waals surface area (Å²) in [6, 6.07) is 6.15. The average molecular weight is 340 g/mol. The second-order valence-electron chi connectivity index (χ2n) is 8.06. The average Bonchev–Trinajstić information content (AvgIpc) is 3.00. The molecule has 2 aromatic rings. The minimum absolute atomic E-state index is 0.259. The van der Waals surface area contributed by atoms with Gasteiger partial charge in [-0.15, -0.1) is 0 Å². The molecular weight excluding hydrogens is 312 g/mol. The SMILES string of the molecule is Cn1nccc1-c1ncccc1C[C@@H]1CCCN(C(=O)C(C)(C)C)C1. The Hall–Kier alpha value is -2.17. The summed E-state index contributed by atoms with van der Waals surface area (Å²) in [5.41, 5.74) is 2.97. The molecule has 25 heavy (non-hydrogen) atoms. The maximum Gasteiger partial charge on any atom is 0.227 e. The van der Waals surface area contributed by atoms with Gasteiger partial charge in [-0.2, -0.15) is 5.10 Å². The molecule has 134 valence electrons. The lowest BCUT2D eigenvalue weighted by molar-refractivity contribution is -0.141. The zero-order valence-corrected chi connectivity index (χ0v) is 15.7. The van der Waals surface area contributed by atoms with Crippen molar-refractivity contribution >= 4 is 5.91 Å². The first-order valence-corrected chi connectivity index (χ1v) is 9.08. The number of carbonyl (C=O) groups is 1. The Morgan fingerprint density at radius 3 is 2.76 bits per heavy atom. The smallest absolute Gasteiger partial charge is 0.227 e. The van der Waals surface area contributed by atoms with Gasteiger partial charge in [-0.25, -0.2) is 0 Å². The van der Waals surface area contributed by atoms with E-state index in [2.05, 4.69) is 16.1 Å². The highest BCUT2D eigenvalue weighted by molar-refractivity contribution is 5.81. The zero-order chi connectivity index (χ0) is 18.0. The number of amides is 1. The van der Waals surface area contributed by atoms with Gasteiger partial charge in [0, 0.05) is 37.9 Å². The van der Waals surface area contributed by atoms with E-state index in [9.17, 15) is 4.79 Å². The van der Waals surface area contributed by atoms with Gasteiger partial charge >= 0.3 is 0 Å². The lowest BCUT2D eigenvalue weighted by atomic mass is 9.88. The predicted molar refractivity (Wildman–Crippen MR) is 98.9 cm³/mol. The van der Waals surface area contributed by atoms with Crippen LogP contribution in [-0.4, -0.2) is 38.7 Å². The summed E-state index contributed by atoms with van der Waals surface area (Å²) in [4.78, 5) is 19.3. The van der Waals surface area contributed by atoms with Crippen LogP contribution in [0, 0.1) is 11.3 Å². The Labute approximate surface area is 150 Å². The highest BCUT2D eigenvalue weighted by atomic mass is 16.2. The molecule has 0 saturated carbocycles. The van der Waals surface area contributed by atoms with Crippen molar-refractivity contribution in [3.8, 4) is 11.4 Å². The van der Waals surface area contributed by atoms with E-state index in [0.29, 0.717) is 5.92 Å². The molecule has 5 heteroatoms. The molecular formula is C20H28N4O. The first-order valence-electron chi connectivity index (χ1n) is 9.08. The van der Waals surface area contributed by atoms with Crippen LogP contribution < -0.4 is 0 Å². The standard InChI is InChI=1S/C20H28N4O/c1-20(2,3)19(25)24-12-6-7-15(14-24)13-16-8-5-10-21-18(16)17-9-11-22-23(17)4/h5,8-11,15H,6-7,12-14H2,1-4H3/t15-/m0/s1. The van der Waals surface area contributed by atoms with Crippen LogP contribution in [0.5, 0.6) is 0 Å². The number of aromatic nitrogens is 3. The predicted octanol–water partition coefficient (Wildman–Crippen LogP) is 3.31. The Balaban J connectivity index is 1.77. The molecule has 0 N–H and O–H groups in total. The Kier molecular flexibility index (Phi) is 4.93. The number of likely N-dealkylation sites (tertiary alicyclic amines) is 1. The summed E-state index contributed by atoms with van der Waals surface area (Å²) in [5, 5.41) is 4.27. The van der Waals surface area contributed by atoms with Gasteiger partial charge in [0.1, 0.15) is 0 Å². The van der Waals surface area contributed by atoms with E-state index in [1.807, 2.05) is 55.7 Å². The van der Waals surface area contributed by atoms with Gasteiger partial charge in [0.25, 0.3) is 0 Å². The molecule has 0 bridgehead atoms. The minimum atomic E-state index is -0.309. The van der Waals surface area contributed by atoms with Crippen molar-refractivity contribution < 1.29 is 4.79 Å². The van der Waals surface area contributed by atoms with Gasteiger partial charge in [0.05, 0.1) is 11.4 Å². The third kappa shape index (κ3) is 3.91. The second kappa shape index (κ2) is 6.98. The number of piperidine rings is 1. The fourth-order valence-electron chi connectivity index (χ4n) is 3.64. The second-order valence-corrected chi connectivity index (χ2v) is 8.06. The zero-order valence-electron chi connectivity index (χ0n) is 15.7. The summed E-state index contributed by atoms with van der Waals surface area (Å²) < 4.78 is 1.86. The van der Waals surface area contributed by atoms with Crippen molar-refractivity contribution in [3.63, 3.8) is 0 Å². The van der Waals surface area contributed by atoms with E-state index in [-0.39, 0.29) is 11.3 Å². The maximum absolute atomic E-state index is 12.6. The maximum atomic E-state index is 12.6. The lowest BCUT2D eigenvalue weighted by Gasteiger charge is -2.36. The van der Waals surface area contributed by atoms with Crippen LogP contribution in [0.3, 0.4) is 0 Å². The van der Waals surface area contributed by atoms with E-state index < -0.39 is 0 Å². The molecule has 2 aromatic heterocycles. The topological polar surface area (TPSA) is 51.0 Å². The van der Waals surface area contributed by atoms with Gasteiger partial charge in [-0.05, 0) is 42.9 Å². The number of rotatable bonds is 3. The molecule has 0 unspecified atom stereocenters. The largest absolute Gasteiger partial charge is 0.342 e. The van der Waals surface area contributed by atoms with Crippen molar-refractivity contribution in [1.82, 2.24) is 19.7 Å². The van der Waals surface area contributed by atoms with E-state index in [4.69, 9.17) is 0 Å². The van der Waals surface area contributed by atoms with Gasteiger partial charge in [-0.1, -0.05) is 26.8 Å². The van der Waals surface area contributed by atoms with Gasteiger partial charge in [-0.3, -0.25) is 14.5 Å². The van der Waals surface area contributed by atoms with E-state index in [1.165, 1.54) is 5.56 Å². The number of nitrogens with zero attached hydrogens (tertiary/aromatic N) is 4. The van der Waals surface area contributed by atoms with Crippen molar-refractivity contribution in [2.24, 2.45) is 18.4 Å². The van der Waals surface area contributed by atoms with Crippen LogP contribution in [0.2, 0.25) is 0 Å². The van der Waals surface area contributed by atoms with Crippen LogP contribution in [0.15, 0.2) is 30.6 Å². The first-order chi connectivity index (χ1) is 11.9. The molecule has 0 aliphatic carbocycles. The fourth-order valence-corrected chi connectivity index (χ4v) is 3.64. The molecule has 3 heterocycles. The molecule has 1 aliphatic heterocycles.